The van der Waals surface area contributed by atoms with Gasteiger partial charge in [-0.1, -0.05) is 25.1 Å². The Bertz CT molecular complexity index is 904. The smallest absolute Gasteiger partial charge is 0.130 e. The monoisotopic (exact) mass is 360 g/mol. The number of pyridine rings is 1. The van der Waals surface area contributed by atoms with Gasteiger partial charge in [0.1, 0.15) is 5.82 Å². The van der Waals surface area contributed by atoms with Crippen LogP contribution in [0.4, 0.5) is 5.82 Å². The van der Waals surface area contributed by atoms with Crippen LogP contribution >= 0.6 is 0 Å². The maximum Gasteiger partial charge on any atom is 0.130 e. The van der Waals surface area contributed by atoms with Crippen molar-refractivity contribution >= 4 is 27.9 Å². The summed E-state index contributed by atoms with van der Waals surface area (Å²) in [5.74, 6) is 0.871. The van der Waals surface area contributed by atoms with E-state index in [0.29, 0.717) is 0 Å². The van der Waals surface area contributed by atoms with E-state index < -0.39 is 0 Å². The molecule has 2 aliphatic rings. The first-order valence-corrected chi connectivity index (χ1v) is 9.97. The molecule has 4 heteroatoms. The lowest BCUT2D eigenvalue weighted by molar-refractivity contribution is 0.231. The topological polar surface area (TPSA) is 40.5 Å². The minimum atomic E-state index is 0.871. The fraction of sp³-hybridized carbons (Fsp3) is 0.391. The molecule has 4 nitrogen and oxygen atoms in total. The van der Waals surface area contributed by atoms with Crippen molar-refractivity contribution in [3.05, 3.63) is 54.5 Å². The molecule has 1 fully saturated rings. The first-order chi connectivity index (χ1) is 13.2. The molecule has 0 spiro atoms. The molecule has 0 aliphatic carbocycles. The number of allylic oxidation sites excluding steroid dienone is 1. The predicted octanol–water partition coefficient (Wildman–Crippen LogP) is 5.24. The lowest BCUT2D eigenvalue weighted by atomic mass is 10.0. The third kappa shape index (κ3) is 4.45. The van der Waals surface area contributed by atoms with E-state index in [9.17, 15) is 0 Å². The number of hydrogen-bond donors (Lipinski definition) is 1. The predicted molar refractivity (Wildman–Crippen MR) is 115 cm³/mol. The molecule has 2 aliphatic heterocycles. The fourth-order valence-corrected chi connectivity index (χ4v) is 3.86. The van der Waals surface area contributed by atoms with Gasteiger partial charge in [-0.25, -0.2) is 4.98 Å². The Morgan fingerprint density at radius 1 is 1.15 bits per heavy atom. The van der Waals surface area contributed by atoms with Crippen molar-refractivity contribution < 1.29 is 0 Å². The number of nitrogens with zero attached hydrogens (tertiary/aromatic N) is 3. The van der Waals surface area contributed by atoms with E-state index in [0.717, 1.165) is 36.3 Å². The Morgan fingerprint density at radius 3 is 2.78 bits per heavy atom. The highest BCUT2D eigenvalue weighted by Gasteiger charge is 2.11. The van der Waals surface area contributed by atoms with E-state index >= 15 is 0 Å². The van der Waals surface area contributed by atoms with Crippen LogP contribution in [0.25, 0.3) is 16.3 Å². The molecule has 1 aromatic carbocycles. The highest BCUT2D eigenvalue weighted by molar-refractivity contribution is 5.98. The SMILES string of the molecule is C=C(CCN1CCCCC1)Nc1cc2cc(C3=CN=C(C)C3)ccc2cn1. The highest BCUT2D eigenvalue weighted by Crippen LogP contribution is 2.27. The lowest BCUT2D eigenvalue weighted by Crippen LogP contribution is -2.31. The molecule has 1 saturated heterocycles. The molecule has 2 aromatic rings. The molecule has 140 valence electrons. The molecule has 0 saturated carbocycles. The second-order valence-corrected chi connectivity index (χ2v) is 7.71. The third-order valence-electron chi connectivity index (χ3n) is 5.46. The zero-order valence-corrected chi connectivity index (χ0v) is 16.2. The standard InChI is InChI=1S/C23H28N4/c1-17(8-11-27-9-4-3-5-10-27)26-23-14-21-13-19(6-7-20(21)15-25-23)22-12-18(2)24-16-22/h6-7,13-16H,1,3-5,8-12H2,2H3,(H,25,26). The summed E-state index contributed by atoms with van der Waals surface area (Å²) in [6.45, 7) is 9.81. The molecular weight excluding hydrogens is 332 g/mol. The van der Waals surface area contributed by atoms with Gasteiger partial charge in [-0.15, -0.1) is 0 Å². The van der Waals surface area contributed by atoms with Crippen molar-refractivity contribution in [2.24, 2.45) is 4.99 Å². The molecule has 4 rings (SSSR count). The summed E-state index contributed by atoms with van der Waals surface area (Å²) < 4.78 is 0. The van der Waals surface area contributed by atoms with E-state index in [1.54, 1.807) is 0 Å². The van der Waals surface area contributed by atoms with E-state index in [4.69, 9.17) is 0 Å². The van der Waals surface area contributed by atoms with Crippen molar-refractivity contribution in [2.45, 2.75) is 39.0 Å². The third-order valence-corrected chi connectivity index (χ3v) is 5.46. The van der Waals surface area contributed by atoms with Crippen LogP contribution in [0.2, 0.25) is 0 Å². The van der Waals surface area contributed by atoms with Gasteiger partial charge in [0.25, 0.3) is 0 Å². The van der Waals surface area contributed by atoms with E-state index in [1.165, 1.54) is 54.6 Å². The number of piperidine rings is 1. The summed E-state index contributed by atoms with van der Waals surface area (Å²) in [5.41, 5.74) is 4.73. The van der Waals surface area contributed by atoms with Gasteiger partial charge in [0.15, 0.2) is 0 Å². The van der Waals surface area contributed by atoms with Crippen LogP contribution in [0.15, 0.2) is 53.9 Å². The van der Waals surface area contributed by atoms with Crippen molar-refractivity contribution in [1.82, 2.24) is 9.88 Å². The van der Waals surface area contributed by atoms with Crippen LogP contribution in [0.1, 0.15) is 44.6 Å². The Hall–Kier alpha value is -2.46. The fourth-order valence-electron chi connectivity index (χ4n) is 3.86. The number of rotatable bonds is 6. The lowest BCUT2D eigenvalue weighted by Gasteiger charge is -2.26. The van der Waals surface area contributed by atoms with Gasteiger partial charge in [-0.2, -0.15) is 0 Å². The zero-order valence-electron chi connectivity index (χ0n) is 16.2. The summed E-state index contributed by atoms with van der Waals surface area (Å²) in [5, 5.41) is 5.75. The molecule has 0 amide bonds. The largest absolute Gasteiger partial charge is 0.344 e. The van der Waals surface area contributed by atoms with Gasteiger partial charge in [0.05, 0.1) is 0 Å². The quantitative estimate of drug-likeness (QED) is 0.765. The summed E-state index contributed by atoms with van der Waals surface area (Å²) in [4.78, 5) is 11.5. The summed E-state index contributed by atoms with van der Waals surface area (Å²) in [7, 11) is 0. The Balaban J connectivity index is 1.41. The second kappa shape index (κ2) is 8.05. The van der Waals surface area contributed by atoms with Gasteiger partial charge in [-0.3, -0.25) is 4.99 Å². The van der Waals surface area contributed by atoms with E-state index in [2.05, 4.69) is 58.0 Å². The zero-order chi connectivity index (χ0) is 18.6. The van der Waals surface area contributed by atoms with Crippen molar-refractivity contribution in [3.8, 4) is 0 Å². The van der Waals surface area contributed by atoms with Gasteiger partial charge < -0.3 is 10.2 Å². The van der Waals surface area contributed by atoms with Crippen LogP contribution in [0, 0.1) is 0 Å². The highest BCUT2D eigenvalue weighted by atomic mass is 15.1. The molecule has 0 radical (unpaired) electrons. The van der Waals surface area contributed by atoms with Crippen LogP contribution in [-0.2, 0) is 0 Å². The molecule has 1 aromatic heterocycles. The van der Waals surface area contributed by atoms with Crippen LogP contribution in [0.5, 0.6) is 0 Å². The minimum Gasteiger partial charge on any atom is -0.344 e. The van der Waals surface area contributed by atoms with Gasteiger partial charge >= 0.3 is 0 Å². The van der Waals surface area contributed by atoms with Crippen LogP contribution in [-0.4, -0.2) is 35.2 Å². The van der Waals surface area contributed by atoms with Gasteiger partial charge in [-0.05, 0) is 67.9 Å². The first kappa shape index (κ1) is 17.9. The average molecular weight is 361 g/mol. The maximum atomic E-state index is 4.56. The molecule has 1 N–H and O–H groups in total. The number of fused-ring (bicyclic) bond motifs is 1. The molecular formula is C23H28N4. The van der Waals surface area contributed by atoms with Crippen molar-refractivity contribution in [2.75, 3.05) is 25.0 Å². The first-order valence-electron chi connectivity index (χ1n) is 9.97. The minimum absolute atomic E-state index is 0.871. The summed E-state index contributed by atoms with van der Waals surface area (Å²) in [6, 6.07) is 8.66. The number of nitrogens with one attached hydrogen (secondary N) is 1. The van der Waals surface area contributed by atoms with Crippen molar-refractivity contribution in [3.63, 3.8) is 0 Å². The number of hydrogen-bond acceptors (Lipinski definition) is 4. The molecule has 0 atom stereocenters. The second-order valence-electron chi connectivity index (χ2n) is 7.71. The maximum absolute atomic E-state index is 4.56. The Morgan fingerprint density at radius 2 is 2.00 bits per heavy atom. The average Bonchev–Trinajstić information content (AvgIpc) is 3.13. The van der Waals surface area contributed by atoms with Crippen LogP contribution < -0.4 is 5.32 Å². The molecule has 0 unspecified atom stereocenters. The number of aromatic nitrogens is 1. The number of likely N-dealkylation sites (tertiary alicyclic amines) is 1. The van der Waals surface area contributed by atoms with Crippen LogP contribution in [0.3, 0.4) is 0 Å². The summed E-state index contributed by atoms with van der Waals surface area (Å²) in [6.07, 6.45) is 9.86. The van der Waals surface area contributed by atoms with Crippen molar-refractivity contribution in [1.29, 1.82) is 0 Å². The number of anilines is 1. The number of aliphatic imine (C=N–C) groups is 1. The van der Waals surface area contributed by atoms with E-state index in [-0.39, 0.29) is 0 Å². The molecule has 3 heterocycles. The number of benzene rings is 1. The van der Waals surface area contributed by atoms with E-state index in [1.807, 2.05) is 12.4 Å². The summed E-state index contributed by atoms with van der Waals surface area (Å²) >= 11 is 0. The molecule has 27 heavy (non-hydrogen) atoms. The van der Waals surface area contributed by atoms with Gasteiger partial charge in [0.2, 0.25) is 0 Å². The Labute approximate surface area is 161 Å². The molecule has 0 bridgehead atoms. The van der Waals surface area contributed by atoms with Gasteiger partial charge in [0, 0.05) is 42.2 Å². The Kier molecular flexibility index (Phi) is 5.35. The normalized spacial score (nSPS) is 17.7.